The summed E-state index contributed by atoms with van der Waals surface area (Å²) < 4.78 is 1.78. The summed E-state index contributed by atoms with van der Waals surface area (Å²) in [5.74, 6) is 4.96. The van der Waals surface area contributed by atoms with Crippen LogP contribution in [-0.2, 0) is 4.79 Å². The highest BCUT2D eigenvalue weighted by molar-refractivity contribution is 5.81. The van der Waals surface area contributed by atoms with Gasteiger partial charge in [-0.2, -0.15) is 0 Å². The predicted octanol–water partition coefficient (Wildman–Crippen LogP) is -1.49. The van der Waals surface area contributed by atoms with Gasteiger partial charge in [0.1, 0.15) is 0 Å². The maximum atomic E-state index is 11.4. The average Bonchev–Trinajstić information content (AvgIpc) is 2.84. The molecule has 0 spiro atoms. The number of hydrogen-bond acceptors (Lipinski definition) is 5. The smallest absolute Gasteiger partial charge is 0.251 e. The molecule has 1 aliphatic rings. The van der Waals surface area contributed by atoms with Gasteiger partial charge in [-0.15, -0.1) is 5.10 Å². The number of rotatable bonds is 2. The number of carbonyl (C=O) groups is 1. The van der Waals surface area contributed by atoms with E-state index in [0.29, 0.717) is 6.42 Å². The lowest BCUT2D eigenvalue weighted by molar-refractivity contribution is -0.125. The third-order valence-corrected chi connectivity index (χ3v) is 2.79. The largest absolute Gasteiger partial charge is 0.293 e. The van der Waals surface area contributed by atoms with Gasteiger partial charge in [-0.25, -0.2) is 10.5 Å². The maximum Gasteiger partial charge on any atom is 0.251 e. The monoisotopic (exact) mass is 210 g/mol. The van der Waals surface area contributed by atoms with E-state index in [1.165, 1.54) is 0 Å². The lowest BCUT2D eigenvalue weighted by Gasteiger charge is -2.16. The Hall–Kier alpha value is -1.47. The van der Waals surface area contributed by atoms with Crippen LogP contribution in [-0.4, -0.2) is 45.4 Å². The Morgan fingerprint density at radius 1 is 1.67 bits per heavy atom. The van der Waals surface area contributed by atoms with Crippen LogP contribution in [0.5, 0.6) is 0 Å². The van der Waals surface area contributed by atoms with Gasteiger partial charge in [0.2, 0.25) is 0 Å². The van der Waals surface area contributed by atoms with Crippen LogP contribution in [0.1, 0.15) is 12.5 Å². The molecular formula is C8H14N6O. The highest BCUT2D eigenvalue weighted by Gasteiger charge is 2.35. The van der Waals surface area contributed by atoms with Gasteiger partial charge >= 0.3 is 0 Å². The molecule has 0 unspecified atom stereocenters. The number of likely N-dealkylation sites (N-methyl/N-ethyl adjacent to an activating group) is 1. The van der Waals surface area contributed by atoms with E-state index in [4.69, 9.17) is 5.84 Å². The topological polar surface area (TPSA) is 89.1 Å². The Morgan fingerprint density at radius 3 is 3.07 bits per heavy atom. The molecule has 1 aromatic heterocycles. The zero-order valence-corrected chi connectivity index (χ0v) is 8.50. The van der Waals surface area contributed by atoms with Crippen LogP contribution in [0.15, 0.2) is 12.4 Å². The summed E-state index contributed by atoms with van der Waals surface area (Å²) in [6.07, 6.45) is 4.15. The molecule has 2 heterocycles. The Morgan fingerprint density at radius 2 is 2.47 bits per heavy atom. The van der Waals surface area contributed by atoms with E-state index < -0.39 is 0 Å². The van der Waals surface area contributed by atoms with Gasteiger partial charge in [-0.05, 0) is 13.5 Å². The molecule has 0 radical (unpaired) electrons. The summed E-state index contributed by atoms with van der Waals surface area (Å²) >= 11 is 0. The minimum atomic E-state index is -0.177. The van der Waals surface area contributed by atoms with Crippen molar-refractivity contribution in [3.63, 3.8) is 0 Å². The van der Waals surface area contributed by atoms with E-state index in [-0.39, 0.29) is 18.0 Å². The lowest BCUT2D eigenvalue weighted by atomic mass is 10.1. The standard InChI is InChI=1S/C8H14N6O/c1-13-5-6(14-3-2-10-12-14)4-7(13)8(15)11-9/h2-3,6-7H,4-5,9H2,1H3,(H,11,15)/t6-,7-/m0/s1. The number of carbonyl (C=O) groups excluding carboxylic acids is 1. The highest BCUT2D eigenvalue weighted by Crippen LogP contribution is 2.24. The normalized spacial score (nSPS) is 26.8. The molecule has 3 N–H and O–H groups in total. The van der Waals surface area contributed by atoms with Crippen LogP contribution in [0.25, 0.3) is 0 Å². The summed E-state index contributed by atoms with van der Waals surface area (Å²) in [6.45, 7) is 0.779. The highest BCUT2D eigenvalue weighted by atomic mass is 16.2. The molecule has 2 rings (SSSR count). The number of hydrogen-bond donors (Lipinski definition) is 2. The molecule has 0 aliphatic carbocycles. The fourth-order valence-corrected chi connectivity index (χ4v) is 1.98. The number of amides is 1. The first kappa shape index (κ1) is 10.1. The zero-order chi connectivity index (χ0) is 10.8. The molecular weight excluding hydrogens is 196 g/mol. The fourth-order valence-electron chi connectivity index (χ4n) is 1.98. The van der Waals surface area contributed by atoms with Crippen molar-refractivity contribution in [1.29, 1.82) is 0 Å². The maximum absolute atomic E-state index is 11.4. The number of likely N-dealkylation sites (tertiary alicyclic amines) is 1. The third-order valence-electron chi connectivity index (χ3n) is 2.79. The molecule has 1 aliphatic heterocycles. The van der Waals surface area contributed by atoms with Crippen molar-refractivity contribution in [2.24, 2.45) is 5.84 Å². The van der Waals surface area contributed by atoms with E-state index in [0.717, 1.165) is 6.54 Å². The number of nitrogens with zero attached hydrogens (tertiary/aromatic N) is 4. The number of hydrazine groups is 1. The van der Waals surface area contributed by atoms with Gasteiger partial charge < -0.3 is 0 Å². The quantitative estimate of drug-likeness (QED) is 0.353. The van der Waals surface area contributed by atoms with Gasteiger partial charge in [-0.3, -0.25) is 15.1 Å². The first-order valence-electron chi connectivity index (χ1n) is 4.79. The summed E-state index contributed by atoms with van der Waals surface area (Å²) in [6, 6.07) is 0.0176. The van der Waals surface area contributed by atoms with Crippen LogP contribution in [0.3, 0.4) is 0 Å². The zero-order valence-electron chi connectivity index (χ0n) is 8.50. The lowest BCUT2D eigenvalue weighted by Crippen LogP contribution is -2.44. The molecule has 1 aromatic rings. The Bertz CT molecular complexity index is 337. The SMILES string of the molecule is CN1C[C@@H](n2ccnn2)C[C@H]1C(=O)NN. The van der Waals surface area contributed by atoms with Crippen molar-refractivity contribution < 1.29 is 4.79 Å². The second kappa shape index (κ2) is 3.95. The van der Waals surface area contributed by atoms with E-state index in [9.17, 15) is 4.79 Å². The molecule has 1 amide bonds. The van der Waals surface area contributed by atoms with Crippen LogP contribution >= 0.6 is 0 Å². The summed E-state index contributed by atoms with van der Waals surface area (Å²) in [5, 5.41) is 7.68. The predicted molar refractivity (Wildman–Crippen MR) is 52.4 cm³/mol. The molecule has 0 bridgehead atoms. The van der Waals surface area contributed by atoms with E-state index in [1.54, 1.807) is 17.1 Å². The first-order chi connectivity index (χ1) is 7.22. The van der Waals surface area contributed by atoms with Gasteiger partial charge in [0.25, 0.3) is 5.91 Å². The minimum Gasteiger partial charge on any atom is -0.293 e. The van der Waals surface area contributed by atoms with Gasteiger partial charge in [0, 0.05) is 12.7 Å². The average molecular weight is 210 g/mol. The molecule has 0 saturated carbocycles. The van der Waals surface area contributed by atoms with E-state index >= 15 is 0 Å². The van der Waals surface area contributed by atoms with Crippen molar-refractivity contribution in [3.05, 3.63) is 12.4 Å². The third kappa shape index (κ3) is 1.83. The van der Waals surface area contributed by atoms with E-state index in [1.807, 2.05) is 11.9 Å². The summed E-state index contributed by atoms with van der Waals surface area (Å²) in [5.41, 5.74) is 2.18. The van der Waals surface area contributed by atoms with Gasteiger partial charge in [0.15, 0.2) is 0 Å². The van der Waals surface area contributed by atoms with Crippen molar-refractivity contribution in [1.82, 2.24) is 25.3 Å². The molecule has 0 aromatic carbocycles. The first-order valence-corrected chi connectivity index (χ1v) is 4.79. The van der Waals surface area contributed by atoms with Crippen LogP contribution in [0.4, 0.5) is 0 Å². The van der Waals surface area contributed by atoms with Crippen LogP contribution < -0.4 is 11.3 Å². The number of nitrogens with two attached hydrogens (primary N) is 1. The number of nitrogens with one attached hydrogen (secondary N) is 1. The number of aromatic nitrogens is 3. The summed E-state index contributed by atoms with van der Waals surface area (Å²) in [4.78, 5) is 13.4. The Kier molecular flexibility index (Phi) is 2.65. The minimum absolute atomic E-state index is 0.153. The fraction of sp³-hybridized carbons (Fsp3) is 0.625. The Labute approximate surface area is 87.2 Å². The second-order valence-corrected chi connectivity index (χ2v) is 3.74. The Balaban J connectivity index is 2.07. The molecule has 82 valence electrons. The van der Waals surface area contributed by atoms with E-state index in [2.05, 4.69) is 15.7 Å². The van der Waals surface area contributed by atoms with Crippen LogP contribution in [0, 0.1) is 0 Å². The summed E-state index contributed by atoms with van der Waals surface area (Å²) in [7, 11) is 1.90. The molecule has 1 fully saturated rings. The van der Waals surface area contributed by atoms with Gasteiger partial charge in [-0.1, -0.05) is 5.21 Å². The van der Waals surface area contributed by atoms with Crippen molar-refractivity contribution in [3.8, 4) is 0 Å². The van der Waals surface area contributed by atoms with Gasteiger partial charge in [0.05, 0.1) is 18.3 Å². The molecule has 15 heavy (non-hydrogen) atoms. The van der Waals surface area contributed by atoms with Crippen molar-refractivity contribution >= 4 is 5.91 Å². The molecule has 1 saturated heterocycles. The molecule has 7 nitrogen and oxygen atoms in total. The molecule has 2 atom stereocenters. The van der Waals surface area contributed by atoms with Crippen molar-refractivity contribution in [2.75, 3.05) is 13.6 Å². The van der Waals surface area contributed by atoms with Crippen LogP contribution in [0.2, 0.25) is 0 Å². The molecule has 7 heteroatoms. The second-order valence-electron chi connectivity index (χ2n) is 3.74. The van der Waals surface area contributed by atoms with Crippen molar-refractivity contribution in [2.45, 2.75) is 18.5 Å².